The number of thiophene rings is 1. The van der Waals surface area contributed by atoms with Gasteiger partial charge < -0.3 is 32.0 Å². The molecular weight excluding hydrogens is 496 g/mol. The number of carbonyl (C=O) groups is 2. The molecule has 2 heterocycles. The van der Waals surface area contributed by atoms with Crippen LogP contribution >= 0.6 is 11.3 Å². The molecule has 3 aromatic rings. The van der Waals surface area contributed by atoms with E-state index in [1.165, 1.54) is 26.4 Å². The number of nitrogens with one attached hydrogen (secondary N) is 1. The van der Waals surface area contributed by atoms with Crippen LogP contribution in [-0.4, -0.2) is 37.0 Å². The zero-order chi connectivity index (χ0) is 26.9. The van der Waals surface area contributed by atoms with Crippen molar-refractivity contribution in [2.45, 2.75) is 0 Å². The summed E-state index contributed by atoms with van der Waals surface area (Å²) >= 11 is 0.963. The van der Waals surface area contributed by atoms with E-state index in [4.69, 9.17) is 26.7 Å². The highest BCUT2D eigenvalue weighted by molar-refractivity contribution is 7.21. The zero-order valence-electron chi connectivity index (χ0n) is 19.6. The Bertz CT molecular complexity index is 1620. The number of pyridine rings is 1. The lowest BCUT2D eigenvalue weighted by Crippen LogP contribution is -2.24. The van der Waals surface area contributed by atoms with Crippen molar-refractivity contribution < 1.29 is 23.9 Å². The molecule has 0 bridgehead atoms. The number of nitrogen functional groups attached to an aromatic ring is 2. The van der Waals surface area contributed by atoms with Gasteiger partial charge in [-0.25, -0.2) is 9.78 Å². The zero-order valence-corrected chi connectivity index (χ0v) is 20.4. The molecule has 2 amide bonds. The SMILES string of the molecule is COC1=CC(=C=O)C(C(=O)Nc2cc(-c3c(C#N)c(N)nc4sc(C(N)=O)c(N)c34)ccc2OC)C=C1. The first-order valence-electron chi connectivity index (χ1n) is 10.6. The molecule has 1 unspecified atom stereocenters. The fourth-order valence-electron chi connectivity index (χ4n) is 3.96. The summed E-state index contributed by atoms with van der Waals surface area (Å²) < 4.78 is 10.5. The van der Waals surface area contributed by atoms with Crippen molar-refractivity contribution in [1.29, 1.82) is 5.26 Å². The summed E-state index contributed by atoms with van der Waals surface area (Å²) in [6, 6.07) is 6.84. The van der Waals surface area contributed by atoms with Gasteiger partial charge in [0.2, 0.25) is 5.91 Å². The smallest absolute Gasteiger partial charge is 0.260 e. The summed E-state index contributed by atoms with van der Waals surface area (Å²) in [7, 11) is 2.87. The second-order valence-electron chi connectivity index (χ2n) is 7.80. The molecule has 2 aromatic heterocycles. The van der Waals surface area contributed by atoms with Crippen molar-refractivity contribution in [3.05, 3.63) is 58.2 Å². The maximum atomic E-state index is 13.1. The Kier molecular flexibility index (Phi) is 6.67. The summed E-state index contributed by atoms with van der Waals surface area (Å²) in [5.41, 5.74) is 19.0. The standard InChI is InChI=1S/C25H20N6O5S/c1-35-13-4-5-14(12(7-13)10-32)24(34)30-16-8-11(3-6-17(16)36-2)18-15(9-26)22(28)31-25-19(18)20(27)21(37-25)23(29)33/h3-8,14H,27H2,1-2H3,(H2,28,31)(H2,29,33)(H,30,34). The quantitative estimate of drug-likeness (QED) is 0.356. The van der Waals surface area contributed by atoms with Crippen molar-refractivity contribution in [1.82, 2.24) is 4.98 Å². The number of rotatable bonds is 6. The molecule has 0 saturated carbocycles. The Morgan fingerprint density at radius 3 is 2.59 bits per heavy atom. The average Bonchev–Trinajstić information content (AvgIpc) is 3.23. The molecule has 37 heavy (non-hydrogen) atoms. The predicted octanol–water partition coefficient (Wildman–Crippen LogP) is 2.52. The van der Waals surface area contributed by atoms with Crippen LogP contribution in [0.1, 0.15) is 15.2 Å². The van der Waals surface area contributed by atoms with E-state index >= 15 is 0 Å². The number of primary amides is 1. The third-order valence-electron chi connectivity index (χ3n) is 5.71. The predicted molar refractivity (Wildman–Crippen MR) is 139 cm³/mol. The first-order chi connectivity index (χ1) is 17.7. The number of benzene rings is 1. The van der Waals surface area contributed by atoms with Gasteiger partial charge in [0, 0.05) is 10.9 Å². The highest BCUT2D eigenvalue weighted by Gasteiger charge is 2.26. The number of aromatic nitrogens is 1. The monoisotopic (exact) mass is 516 g/mol. The van der Waals surface area contributed by atoms with E-state index in [0.717, 1.165) is 11.3 Å². The second kappa shape index (κ2) is 9.87. The lowest BCUT2D eigenvalue weighted by molar-refractivity contribution is -0.117. The number of fused-ring (bicyclic) bond motifs is 1. The molecule has 0 radical (unpaired) electrons. The maximum Gasteiger partial charge on any atom is 0.260 e. The van der Waals surface area contributed by atoms with Gasteiger partial charge >= 0.3 is 0 Å². The van der Waals surface area contributed by atoms with Gasteiger partial charge in [0.05, 0.1) is 37.1 Å². The molecule has 1 atom stereocenters. The topological polar surface area (TPSA) is 196 Å². The Balaban J connectivity index is 1.85. The van der Waals surface area contributed by atoms with Crippen LogP contribution in [0.3, 0.4) is 0 Å². The maximum absolute atomic E-state index is 13.1. The number of hydrogen-bond donors (Lipinski definition) is 4. The van der Waals surface area contributed by atoms with Crippen LogP contribution in [0, 0.1) is 17.2 Å². The normalized spacial score (nSPS) is 14.5. The lowest BCUT2D eigenvalue weighted by atomic mass is 9.93. The van der Waals surface area contributed by atoms with Gasteiger partial charge in [-0.15, -0.1) is 11.3 Å². The van der Waals surface area contributed by atoms with Gasteiger partial charge in [-0.3, -0.25) is 9.59 Å². The first-order valence-corrected chi connectivity index (χ1v) is 11.4. The van der Waals surface area contributed by atoms with Gasteiger partial charge in [0.15, 0.2) is 0 Å². The van der Waals surface area contributed by atoms with E-state index in [9.17, 15) is 19.6 Å². The number of amides is 2. The Morgan fingerprint density at radius 2 is 1.97 bits per heavy atom. The number of nitriles is 1. The summed E-state index contributed by atoms with van der Waals surface area (Å²) in [5.74, 6) is 0.249. The number of allylic oxidation sites excluding steroid dienone is 2. The Hall–Kier alpha value is -5.11. The molecular formula is C25H20N6O5S. The summed E-state index contributed by atoms with van der Waals surface area (Å²) in [6.07, 6.45) is 4.52. The number of carbonyl (C=O) groups excluding carboxylic acids is 3. The minimum Gasteiger partial charge on any atom is -0.497 e. The van der Waals surface area contributed by atoms with Gasteiger partial charge in [-0.05, 0) is 29.8 Å². The Labute approximate surface area is 214 Å². The summed E-state index contributed by atoms with van der Waals surface area (Å²) in [6.45, 7) is 0. The highest BCUT2D eigenvalue weighted by Crippen LogP contribution is 2.44. The lowest BCUT2D eigenvalue weighted by Gasteiger charge is -2.18. The molecule has 1 aromatic carbocycles. The van der Waals surface area contributed by atoms with Gasteiger partial charge in [-0.1, -0.05) is 12.1 Å². The van der Waals surface area contributed by atoms with Crippen molar-refractivity contribution in [3.8, 4) is 22.9 Å². The van der Waals surface area contributed by atoms with Crippen LogP contribution in [0.15, 0.2) is 47.8 Å². The fourth-order valence-corrected chi connectivity index (χ4v) is 4.93. The Morgan fingerprint density at radius 1 is 1.22 bits per heavy atom. The summed E-state index contributed by atoms with van der Waals surface area (Å²) in [4.78, 5) is 41.1. The van der Waals surface area contributed by atoms with Crippen LogP contribution in [0.5, 0.6) is 5.75 Å². The molecule has 4 rings (SSSR count). The van der Waals surface area contributed by atoms with Crippen LogP contribution < -0.4 is 27.3 Å². The third kappa shape index (κ3) is 4.36. The molecule has 1 aliphatic rings. The van der Waals surface area contributed by atoms with E-state index in [1.807, 2.05) is 6.07 Å². The minimum atomic E-state index is -0.923. The first kappa shape index (κ1) is 25.0. The minimum absolute atomic E-state index is 0.0362. The van der Waals surface area contributed by atoms with Crippen LogP contribution in [-0.2, 0) is 14.3 Å². The van der Waals surface area contributed by atoms with Crippen molar-refractivity contribution in [3.63, 3.8) is 0 Å². The molecule has 0 spiro atoms. The number of methoxy groups -OCH3 is 2. The number of anilines is 3. The molecule has 7 N–H and O–H groups in total. The molecule has 1 aliphatic carbocycles. The fraction of sp³-hybridized carbons (Fsp3) is 0.120. The number of ether oxygens (including phenoxy) is 2. The molecule has 0 fully saturated rings. The van der Waals surface area contributed by atoms with E-state index in [2.05, 4.69) is 10.3 Å². The number of hydrogen-bond acceptors (Lipinski definition) is 10. The van der Waals surface area contributed by atoms with E-state index in [-0.39, 0.29) is 33.2 Å². The van der Waals surface area contributed by atoms with Gasteiger partial charge in [0.25, 0.3) is 5.91 Å². The highest BCUT2D eigenvalue weighted by atomic mass is 32.1. The summed E-state index contributed by atoms with van der Waals surface area (Å²) in [5, 5.41) is 13.0. The second-order valence-corrected chi connectivity index (χ2v) is 8.80. The van der Waals surface area contributed by atoms with Crippen LogP contribution in [0.2, 0.25) is 0 Å². The average molecular weight is 517 g/mol. The molecule has 0 saturated heterocycles. The number of nitrogens with two attached hydrogens (primary N) is 3. The molecule has 12 heteroatoms. The van der Waals surface area contributed by atoms with Crippen molar-refractivity contribution in [2.24, 2.45) is 11.7 Å². The molecule has 186 valence electrons. The van der Waals surface area contributed by atoms with Crippen molar-refractivity contribution in [2.75, 3.05) is 31.0 Å². The third-order valence-corrected chi connectivity index (χ3v) is 6.82. The molecule has 0 aliphatic heterocycles. The number of nitrogens with zero attached hydrogens (tertiary/aromatic N) is 2. The van der Waals surface area contributed by atoms with Crippen molar-refractivity contribution >= 4 is 56.5 Å². The van der Waals surface area contributed by atoms with E-state index in [0.29, 0.717) is 32.9 Å². The largest absolute Gasteiger partial charge is 0.497 e. The van der Waals surface area contributed by atoms with Crippen LogP contribution in [0.25, 0.3) is 21.3 Å². The molecule has 11 nitrogen and oxygen atoms in total. The van der Waals surface area contributed by atoms with E-state index in [1.54, 1.807) is 30.2 Å². The van der Waals surface area contributed by atoms with Gasteiger partial charge in [-0.2, -0.15) is 5.26 Å². The van der Waals surface area contributed by atoms with Gasteiger partial charge in [0.1, 0.15) is 44.6 Å². The van der Waals surface area contributed by atoms with Crippen LogP contribution in [0.4, 0.5) is 17.2 Å². The van der Waals surface area contributed by atoms with E-state index < -0.39 is 17.7 Å².